The molecule has 1 aromatic rings. The molecule has 0 aliphatic rings. The lowest BCUT2D eigenvalue weighted by Crippen LogP contribution is -2.11. The first-order chi connectivity index (χ1) is 9.54. The zero-order valence-corrected chi connectivity index (χ0v) is 13.0. The molecule has 2 N–H and O–H groups in total. The van der Waals surface area contributed by atoms with E-state index >= 15 is 0 Å². The highest BCUT2D eigenvalue weighted by Gasteiger charge is 2.15. The van der Waals surface area contributed by atoms with Crippen LogP contribution in [0.15, 0.2) is 0 Å². The minimum Gasteiger partial charge on any atom is -0.394 e. The quantitative estimate of drug-likeness (QED) is 0.715. The van der Waals surface area contributed by atoms with E-state index in [1.54, 1.807) is 0 Å². The van der Waals surface area contributed by atoms with Crippen LogP contribution in [-0.2, 0) is 22.7 Å². The Morgan fingerprint density at radius 1 is 0.650 bits per heavy atom. The van der Waals surface area contributed by atoms with Crippen LogP contribution in [0.25, 0.3) is 0 Å². The van der Waals surface area contributed by atoms with E-state index in [0.717, 1.165) is 11.1 Å². The fraction of sp³-hybridized carbons (Fsp3) is 0.625. The second-order valence-electron chi connectivity index (χ2n) is 5.01. The molecule has 0 saturated heterocycles. The molecule has 0 saturated carbocycles. The number of hydrogen-bond acceptors (Lipinski definition) is 4. The molecule has 0 fully saturated rings. The Hall–Kier alpha value is -0.940. The number of benzene rings is 1. The summed E-state index contributed by atoms with van der Waals surface area (Å²) in [5.41, 5.74) is 7.25. The monoisotopic (exact) mass is 282 g/mol. The van der Waals surface area contributed by atoms with E-state index < -0.39 is 0 Å². The third kappa shape index (κ3) is 4.03. The van der Waals surface area contributed by atoms with Gasteiger partial charge in [0.15, 0.2) is 0 Å². The molecule has 0 atom stereocenters. The number of rotatable bonds is 8. The van der Waals surface area contributed by atoms with E-state index in [2.05, 4.69) is 27.7 Å². The van der Waals surface area contributed by atoms with Gasteiger partial charge in [-0.2, -0.15) is 0 Å². The Bertz CT molecular complexity index is 400. The van der Waals surface area contributed by atoms with Crippen LogP contribution in [0.3, 0.4) is 0 Å². The topological polar surface area (TPSA) is 58.9 Å². The van der Waals surface area contributed by atoms with Gasteiger partial charge in [0.2, 0.25) is 0 Å². The van der Waals surface area contributed by atoms with Crippen molar-refractivity contribution in [3.63, 3.8) is 0 Å². The molecule has 0 bridgehead atoms. The van der Waals surface area contributed by atoms with Gasteiger partial charge in [-0.15, -0.1) is 0 Å². The number of aliphatic hydroxyl groups is 2. The molecular formula is C16H26O4. The maximum absolute atomic E-state index is 8.83. The SMILES string of the molecule is Cc1c(C)c(C)c(COCCO)c(COCCO)c1C. The fourth-order valence-electron chi connectivity index (χ4n) is 2.34. The Morgan fingerprint density at radius 2 is 1.00 bits per heavy atom. The van der Waals surface area contributed by atoms with E-state index in [1.807, 2.05) is 0 Å². The van der Waals surface area contributed by atoms with Crippen molar-refractivity contribution in [2.75, 3.05) is 26.4 Å². The third-order valence-electron chi connectivity index (χ3n) is 3.92. The van der Waals surface area contributed by atoms with E-state index in [4.69, 9.17) is 19.7 Å². The van der Waals surface area contributed by atoms with E-state index in [0.29, 0.717) is 26.4 Å². The molecule has 20 heavy (non-hydrogen) atoms. The van der Waals surface area contributed by atoms with Crippen LogP contribution < -0.4 is 0 Å². The highest BCUT2D eigenvalue weighted by atomic mass is 16.5. The van der Waals surface area contributed by atoms with Crippen molar-refractivity contribution < 1.29 is 19.7 Å². The summed E-state index contributed by atoms with van der Waals surface area (Å²) < 4.78 is 11.0. The van der Waals surface area contributed by atoms with Crippen molar-refractivity contribution in [3.05, 3.63) is 33.4 Å². The molecule has 1 rings (SSSR count). The van der Waals surface area contributed by atoms with Gasteiger partial charge in [-0.1, -0.05) is 0 Å². The standard InChI is InChI=1S/C16H26O4/c1-11-12(2)14(4)16(10-20-8-6-18)15(13(11)3)9-19-7-5-17/h17-18H,5-10H2,1-4H3. The highest BCUT2D eigenvalue weighted by molar-refractivity contribution is 5.49. The maximum Gasteiger partial charge on any atom is 0.0724 e. The molecule has 0 spiro atoms. The molecule has 0 aliphatic carbocycles. The fourth-order valence-corrected chi connectivity index (χ4v) is 2.34. The summed E-state index contributed by atoms with van der Waals surface area (Å²) in [4.78, 5) is 0. The Morgan fingerprint density at radius 3 is 1.30 bits per heavy atom. The van der Waals surface area contributed by atoms with Crippen LogP contribution in [0, 0.1) is 27.7 Å². The number of hydrogen-bond donors (Lipinski definition) is 2. The lowest BCUT2D eigenvalue weighted by Gasteiger charge is -2.21. The van der Waals surface area contributed by atoms with Gasteiger partial charge in [0.05, 0.1) is 39.6 Å². The predicted molar refractivity (Wildman–Crippen MR) is 78.9 cm³/mol. The van der Waals surface area contributed by atoms with E-state index in [1.165, 1.54) is 22.3 Å². The van der Waals surface area contributed by atoms with Crippen LogP contribution in [0.2, 0.25) is 0 Å². The molecule has 4 nitrogen and oxygen atoms in total. The number of ether oxygens (including phenoxy) is 2. The first-order valence-electron chi connectivity index (χ1n) is 6.99. The van der Waals surface area contributed by atoms with Crippen LogP contribution >= 0.6 is 0 Å². The second kappa shape index (κ2) is 8.37. The van der Waals surface area contributed by atoms with Crippen molar-refractivity contribution in [1.82, 2.24) is 0 Å². The van der Waals surface area contributed by atoms with Gasteiger partial charge in [-0.05, 0) is 61.1 Å². The molecule has 0 radical (unpaired) electrons. The van der Waals surface area contributed by atoms with Gasteiger partial charge in [0.1, 0.15) is 0 Å². The predicted octanol–water partition coefficient (Wildman–Crippen LogP) is 1.94. The minimum atomic E-state index is 0.0270. The lowest BCUT2D eigenvalue weighted by atomic mass is 9.89. The molecule has 0 unspecified atom stereocenters. The largest absolute Gasteiger partial charge is 0.394 e. The van der Waals surface area contributed by atoms with Gasteiger partial charge in [-0.3, -0.25) is 0 Å². The lowest BCUT2D eigenvalue weighted by molar-refractivity contribution is 0.0708. The van der Waals surface area contributed by atoms with Crippen molar-refractivity contribution in [1.29, 1.82) is 0 Å². The molecule has 0 amide bonds. The second-order valence-corrected chi connectivity index (χ2v) is 5.01. The Kier molecular flexibility index (Phi) is 7.16. The Labute approximate surface area is 121 Å². The van der Waals surface area contributed by atoms with Gasteiger partial charge in [0, 0.05) is 0 Å². The zero-order chi connectivity index (χ0) is 15.1. The highest BCUT2D eigenvalue weighted by Crippen LogP contribution is 2.28. The van der Waals surface area contributed by atoms with Crippen LogP contribution in [0.1, 0.15) is 33.4 Å². The molecule has 4 heteroatoms. The van der Waals surface area contributed by atoms with E-state index in [9.17, 15) is 0 Å². The molecule has 1 aromatic carbocycles. The first kappa shape index (κ1) is 17.1. The Balaban J connectivity index is 3.08. The van der Waals surface area contributed by atoms with Crippen molar-refractivity contribution in [3.8, 4) is 0 Å². The summed E-state index contributed by atoms with van der Waals surface area (Å²) in [6.45, 7) is 10.1. The smallest absolute Gasteiger partial charge is 0.0724 e. The molecule has 0 aliphatic heterocycles. The van der Waals surface area contributed by atoms with E-state index in [-0.39, 0.29) is 13.2 Å². The zero-order valence-electron chi connectivity index (χ0n) is 13.0. The normalized spacial score (nSPS) is 11.1. The third-order valence-corrected chi connectivity index (χ3v) is 3.92. The van der Waals surface area contributed by atoms with Crippen molar-refractivity contribution in [2.45, 2.75) is 40.9 Å². The van der Waals surface area contributed by atoms with Gasteiger partial charge in [0.25, 0.3) is 0 Å². The summed E-state index contributed by atoms with van der Waals surface area (Å²) in [7, 11) is 0. The average Bonchev–Trinajstić information content (AvgIpc) is 2.45. The summed E-state index contributed by atoms with van der Waals surface area (Å²) in [6.07, 6.45) is 0. The van der Waals surface area contributed by atoms with Crippen molar-refractivity contribution >= 4 is 0 Å². The van der Waals surface area contributed by atoms with Gasteiger partial charge < -0.3 is 19.7 Å². The molecule has 0 aromatic heterocycles. The summed E-state index contributed by atoms with van der Waals surface area (Å²) in [6, 6.07) is 0. The van der Waals surface area contributed by atoms with Crippen LogP contribution in [-0.4, -0.2) is 36.6 Å². The van der Waals surface area contributed by atoms with Crippen LogP contribution in [0.5, 0.6) is 0 Å². The summed E-state index contributed by atoms with van der Waals surface area (Å²) in [5.74, 6) is 0. The van der Waals surface area contributed by atoms with Crippen LogP contribution in [0.4, 0.5) is 0 Å². The first-order valence-corrected chi connectivity index (χ1v) is 6.99. The maximum atomic E-state index is 8.83. The molecular weight excluding hydrogens is 256 g/mol. The summed E-state index contributed by atoms with van der Waals surface area (Å²) in [5, 5.41) is 17.7. The molecule has 114 valence electrons. The van der Waals surface area contributed by atoms with Gasteiger partial charge in [-0.25, -0.2) is 0 Å². The minimum absolute atomic E-state index is 0.0270. The average molecular weight is 282 g/mol. The summed E-state index contributed by atoms with van der Waals surface area (Å²) >= 11 is 0. The van der Waals surface area contributed by atoms with Gasteiger partial charge >= 0.3 is 0 Å². The van der Waals surface area contributed by atoms with Crippen molar-refractivity contribution in [2.24, 2.45) is 0 Å². The number of aliphatic hydroxyl groups excluding tert-OH is 2. The molecule has 0 heterocycles.